The van der Waals surface area contributed by atoms with Crippen LogP contribution in [0.1, 0.15) is 47.6 Å². The van der Waals surface area contributed by atoms with Crippen molar-refractivity contribution in [2.75, 3.05) is 18.0 Å². The molecule has 31 heavy (non-hydrogen) atoms. The van der Waals surface area contributed by atoms with E-state index in [1.165, 1.54) is 12.3 Å². The highest BCUT2D eigenvalue weighted by molar-refractivity contribution is 5.95. The zero-order valence-electron chi connectivity index (χ0n) is 17.5. The first-order chi connectivity index (χ1) is 14.8. The number of carboxylic acids is 1. The molecule has 4 atom stereocenters. The van der Waals surface area contributed by atoms with Crippen LogP contribution in [0.2, 0.25) is 0 Å². The van der Waals surface area contributed by atoms with E-state index >= 15 is 4.39 Å². The summed E-state index contributed by atoms with van der Waals surface area (Å²) in [5.41, 5.74) is 7.38. The van der Waals surface area contributed by atoms with Gasteiger partial charge in [0.05, 0.1) is 11.2 Å². The Morgan fingerprint density at radius 3 is 2.68 bits per heavy atom. The van der Waals surface area contributed by atoms with E-state index in [9.17, 15) is 14.7 Å². The second kappa shape index (κ2) is 6.19. The molecule has 0 amide bonds. The zero-order chi connectivity index (χ0) is 21.7. The van der Waals surface area contributed by atoms with Crippen LogP contribution >= 0.6 is 0 Å². The maximum absolute atomic E-state index is 15.5. The van der Waals surface area contributed by atoms with Crippen molar-refractivity contribution in [2.24, 2.45) is 23.5 Å². The van der Waals surface area contributed by atoms with Gasteiger partial charge in [0, 0.05) is 42.2 Å². The molecule has 7 rings (SSSR count). The molecule has 4 unspecified atom stereocenters. The highest BCUT2D eigenvalue weighted by Crippen LogP contribution is 2.51. The summed E-state index contributed by atoms with van der Waals surface area (Å²) in [7, 11) is 0. The van der Waals surface area contributed by atoms with Crippen LogP contribution in [0.25, 0.3) is 10.9 Å². The van der Waals surface area contributed by atoms with Crippen molar-refractivity contribution in [2.45, 2.75) is 44.2 Å². The summed E-state index contributed by atoms with van der Waals surface area (Å²) in [5, 5.41) is 9.63. The fraction of sp³-hybridized carbons (Fsp3) is 0.500. The van der Waals surface area contributed by atoms with Gasteiger partial charge >= 0.3 is 5.97 Å². The topological polar surface area (TPSA) is 88.6 Å². The van der Waals surface area contributed by atoms with Gasteiger partial charge in [-0.15, -0.1) is 0 Å². The lowest BCUT2D eigenvalue weighted by atomic mass is 9.60. The molecule has 162 valence electrons. The number of carbonyl (C=O) groups is 1. The number of anilines is 1. The van der Waals surface area contributed by atoms with Crippen LogP contribution in [-0.4, -0.2) is 34.3 Å². The largest absolute Gasteiger partial charge is 0.477 e. The quantitative estimate of drug-likeness (QED) is 0.740. The van der Waals surface area contributed by atoms with Crippen LogP contribution in [0.4, 0.5) is 10.1 Å². The van der Waals surface area contributed by atoms with E-state index < -0.39 is 17.2 Å². The standard InChI is InChI=1S/C24H26FN3O3/c1-12-20-15(22(29)17(23(30)31)10-28(20)14-2-3-14)8-19(25)21(12)27-9-16-13-4-6-24(26,7-5-13)18(16)11-27/h4,6,8,10,13-14,16,18H,2-3,5,7,9,11,26H2,1H3,(H,30,31). The van der Waals surface area contributed by atoms with E-state index in [0.29, 0.717) is 41.1 Å². The second-order valence-electron chi connectivity index (χ2n) is 9.89. The molecule has 0 spiro atoms. The Labute approximate surface area is 179 Å². The third kappa shape index (κ3) is 2.59. The number of halogens is 1. The predicted molar refractivity (Wildman–Crippen MR) is 116 cm³/mol. The Balaban J connectivity index is 1.51. The fourth-order valence-electron chi connectivity index (χ4n) is 6.43. The van der Waals surface area contributed by atoms with Gasteiger partial charge in [0.25, 0.3) is 0 Å². The Morgan fingerprint density at radius 2 is 2.06 bits per heavy atom. The van der Waals surface area contributed by atoms with Gasteiger partial charge in [0.15, 0.2) is 0 Å². The molecule has 6 nitrogen and oxygen atoms in total. The first-order valence-corrected chi connectivity index (χ1v) is 11.1. The first-order valence-electron chi connectivity index (χ1n) is 11.1. The van der Waals surface area contributed by atoms with Gasteiger partial charge in [-0.25, -0.2) is 9.18 Å². The number of carboxylic acid groups (broad SMARTS) is 1. The highest BCUT2D eigenvalue weighted by Gasteiger charge is 2.52. The van der Waals surface area contributed by atoms with Gasteiger partial charge in [-0.2, -0.15) is 0 Å². The molecule has 2 saturated carbocycles. The molecule has 0 radical (unpaired) electrons. The Kier molecular flexibility index (Phi) is 3.80. The number of aromatic nitrogens is 1. The average molecular weight is 423 g/mol. The van der Waals surface area contributed by atoms with Gasteiger partial charge in [0.1, 0.15) is 11.4 Å². The molecular formula is C24H26FN3O3. The SMILES string of the molecule is Cc1c(N2CC3C4C=CC(N)(CC4)C3C2)c(F)cc2c(=O)c(C(=O)O)cn(C3CC3)c12. The number of rotatable bonds is 3. The summed E-state index contributed by atoms with van der Waals surface area (Å²) in [6.45, 7) is 3.31. The molecule has 1 aromatic heterocycles. The van der Waals surface area contributed by atoms with Crippen molar-refractivity contribution in [1.29, 1.82) is 0 Å². The molecule has 2 aromatic rings. The average Bonchev–Trinajstić information content (AvgIpc) is 3.46. The van der Waals surface area contributed by atoms with E-state index in [2.05, 4.69) is 17.1 Å². The number of aromatic carboxylic acids is 1. The number of hydrogen-bond donors (Lipinski definition) is 2. The highest BCUT2D eigenvalue weighted by atomic mass is 19.1. The number of fused-ring (bicyclic) bond motifs is 2. The molecule has 7 heteroatoms. The molecule has 2 heterocycles. The smallest absolute Gasteiger partial charge is 0.341 e. The van der Waals surface area contributed by atoms with E-state index in [1.807, 2.05) is 11.5 Å². The number of allylic oxidation sites excluding steroid dienone is 1. The summed E-state index contributed by atoms with van der Waals surface area (Å²) in [6.07, 6.45) is 9.77. The Morgan fingerprint density at radius 1 is 1.29 bits per heavy atom. The van der Waals surface area contributed by atoms with Crippen LogP contribution < -0.4 is 16.1 Å². The van der Waals surface area contributed by atoms with Crippen LogP contribution in [0.15, 0.2) is 29.2 Å². The molecule has 1 aromatic carbocycles. The van der Waals surface area contributed by atoms with Crippen LogP contribution in [-0.2, 0) is 0 Å². The molecule has 3 fully saturated rings. The van der Waals surface area contributed by atoms with Crippen molar-refractivity contribution < 1.29 is 14.3 Å². The minimum Gasteiger partial charge on any atom is -0.477 e. The van der Waals surface area contributed by atoms with Gasteiger partial charge in [0.2, 0.25) is 5.43 Å². The summed E-state index contributed by atoms with van der Waals surface area (Å²) in [4.78, 5) is 26.6. The lowest BCUT2D eigenvalue weighted by Crippen LogP contribution is -2.55. The van der Waals surface area contributed by atoms with E-state index in [-0.39, 0.29) is 22.5 Å². The van der Waals surface area contributed by atoms with Crippen LogP contribution in [0, 0.1) is 30.5 Å². The van der Waals surface area contributed by atoms with E-state index in [1.54, 1.807) is 0 Å². The number of benzene rings is 1. The third-order valence-electron chi connectivity index (χ3n) is 8.14. The normalized spacial score (nSPS) is 31.5. The molecule has 4 aliphatic carbocycles. The number of nitrogens with two attached hydrogens (primary N) is 1. The van der Waals surface area contributed by atoms with Gasteiger partial charge in [-0.05, 0) is 56.1 Å². The monoisotopic (exact) mass is 423 g/mol. The number of nitrogens with zero attached hydrogens (tertiary/aromatic N) is 2. The van der Waals surface area contributed by atoms with Crippen molar-refractivity contribution in [1.82, 2.24) is 4.57 Å². The van der Waals surface area contributed by atoms with Crippen molar-refractivity contribution in [3.63, 3.8) is 0 Å². The lowest BCUT2D eigenvalue weighted by Gasteiger charge is -2.47. The summed E-state index contributed by atoms with van der Waals surface area (Å²) < 4.78 is 17.4. The number of hydrogen-bond acceptors (Lipinski definition) is 4. The van der Waals surface area contributed by atoms with E-state index in [4.69, 9.17) is 5.73 Å². The van der Waals surface area contributed by atoms with Crippen LogP contribution in [0.3, 0.4) is 0 Å². The second-order valence-corrected chi connectivity index (χ2v) is 9.89. The first kappa shape index (κ1) is 19.0. The van der Waals surface area contributed by atoms with Crippen molar-refractivity contribution in [3.8, 4) is 0 Å². The molecule has 1 aliphatic heterocycles. The maximum Gasteiger partial charge on any atom is 0.341 e. The molecular weight excluding hydrogens is 397 g/mol. The molecule has 3 N–H and O–H groups in total. The predicted octanol–water partition coefficient (Wildman–Crippen LogP) is 3.21. The van der Waals surface area contributed by atoms with E-state index in [0.717, 1.165) is 32.2 Å². The van der Waals surface area contributed by atoms with Gasteiger partial charge in [-0.1, -0.05) is 12.2 Å². The van der Waals surface area contributed by atoms with Gasteiger partial charge < -0.3 is 20.3 Å². The molecule has 5 aliphatic rings. The summed E-state index contributed by atoms with van der Waals surface area (Å²) in [5.74, 6) is -0.531. The van der Waals surface area contributed by atoms with Crippen molar-refractivity contribution >= 4 is 22.6 Å². The molecule has 1 saturated heterocycles. The Hall–Kier alpha value is -2.67. The molecule has 2 bridgehead atoms. The van der Waals surface area contributed by atoms with Crippen LogP contribution in [0.5, 0.6) is 0 Å². The van der Waals surface area contributed by atoms with Crippen molar-refractivity contribution in [3.05, 3.63) is 51.6 Å². The minimum atomic E-state index is -1.27. The fourth-order valence-corrected chi connectivity index (χ4v) is 6.43. The Bertz CT molecular complexity index is 1230. The zero-order valence-corrected chi connectivity index (χ0v) is 17.5. The third-order valence-corrected chi connectivity index (χ3v) is 8.14. The minimum absolute atomic E-state index is 0.152. The summed E-state index contributed by atoms with van der Waals surface area (Å²) in [6, 6.07) is 1.41. The number of aryl methyl sites for hydroxylation is 1. The summed E-state index contributed by atoms with van der Waals surface area (Å²) >= 11 is 0. The maximum atomic E-state index is 15.5. The number of pyridine rings is 1. The van der Waals surface area contributed by atoms with Gasteiger partial charge in [-0.3, -0.25) is 4.79 Å². The lowest BCUT2D eigenvalue weighted by molar-refractivity contribution is 0.0695.